The van der Waals surface area contributed by atoms with Crippen LogP contribution in [0.1, 0.15) is 52.9 Å². The first-order valence-corrected chi connectivity index (χ1v) is 11.9. The van der Waals surface area contributed by atoms with Gasteiger partial charge < -0.3 is 4.90 Å². The fraction of sp³-hybridized carbons (Fsp3) is 0.667. The molecule has 0 spiro atoms. The molecular formula is C21H33N3O3S. The van der Waals surface area contributed by atoms with Gasteiger partial charge in [-0.3, -0.25) is 9.69 Å². The summed E-state index contributed by atoms with van der Waals surface area (Å²) in [5.74, 6) is 0.211. The van der Waals surface area contributed by atoms with Crippen molar-refractivity contribution in [2.75, 3.05) is 13.1 Å². The van der Waals surface area contributed by atoms with Crippen LogP contribution in [0.4, 0.5) is 0 Å². The van der Waals surface area contributed by atoms with E-state index in [0.29, 0.717) is 17.0 Å². The molecule has 1 aromatic rings. The van der Waals surface area contributed by atoms with Crippen molar-refractivity contribution in [3.8, 4) is 0 Å². The molecule has 3 rings (SSSR count). The van der Waals surface area contributed by atoms with Crippen LogP contribution in [0.15, 0.2) is 35.2 Å². The average molecular weight is 408 g/mol. The van der Waals surface area contributed by atoms with Gasteiger partial charge >= 0.3 is 0 Å². The molecule has 0 unspecified atom stereocenters. The Morgan fingerprint density at radius 2 is 1.61 bits per heavy atom. The lowest BCUT2D eigenvalue weighted by Crippen LogP contribution is -2.56. The fourth-order valence-electron chi connectivity index (χ4n) is 4.52. The molecule has 2 fully saturated rings. The molecule has 156 valence electrons. The monoisotopic (exact) mass is 407 g/mol. The van der Waals surface area contributed by atoms with E-state index >= 15 is 0 Å². The first-order chi connectivity index (χ1) is 13.3. The number of amides is 1. The zero-order valence-corrected chi connectivity index (χ0v) is 18.0. The number of carbonyl (C=O) groups is 1. The molecule has 1 aromatic carbocycles. The Balaban J connectivity index is 1.55. The highest BCUT2D eigenvalue weighted by atomic mass is 32.2. The van der Waals surface area contributed by atoms with E-state index in [2.05, 4.69) is 28.4 Å². The molecule has 3 atom stereocenters. The Hall–Kier alpha value is -1.44. The van der Waals surface area contributed by atoms with Crippen LogP contribution < -0.4 is 4.72 Å². The van der Waals surface area contributed by atoms with Gasteiger partial charge in [0.15, 0.2) is 0 Å². The van der Waals surface area contributed by atoms with Gasteiger partial charge in [0, 0.05) is 31.2 Å². The van der Waals surface area contributed by atoms with E-state index < -0.39 is 10.0 Å². The summed E-state index contributed by atoms with van der Waals surface area (Å²) in [6.45, 7) is 7.73. The van der Waals surface area contributed by atoms with Gasteiger partial charge in [-0.2, -0.15) is 0 Å². The molecule has 28 heavy (non-hydrogen) atoms. The minimum Gasteiger partial charge on any atom is -0.336 e. The Kier molecular flexibility index (Phi) is 6.78. The standard InChI is InChI=1S/C21H33N3O3S/c1-16-8-7-9-17(2)24(16)21(25)18(3)23-14-12-19(13-15-23)22-28(26,27)20-10-5-4-6-11-20/h4-6,10-11,16-19,22H,7-9,12-15H2,1-3H3/t16-,17-,18+/m0/s1. The molecule has 2 heterocycles. The van der Waals surface area contributed by atoms with Crippen molar-refractivity contribution in [2.45, 2.75) is 81.9 Å². The van der Waals surface area contributed by atoms with E-state index in [1.807, 2.05) is 6.92 Å². The van der Waals surface area contributed by atoms with E-state index in [4.69, 9.17) is 0 Å². The van der Waals surface area contributed by atoms with Crippen LogP contribution in [0, 0.1) is 0 Å². The van der Waals surface area contributed by atoms with Crippen molar-refractivity contribution in [3.63, 3.8) is 0 Å². The van der Waals surface area contributed by atoms with Crippen LogP contribution in [0.5, 0.6) is 0 Å². The maximum Gasteiger partial charge on any atom is 0.240 e. The van der Waals surface area contributed by atoms with Gasteiger partial charge in [0.25, 0.3) is 0 Å². The molecule has 0 bridgehead atoms. The number of carbonyl (C=O) groups excluding carboxylic acids is 1. The summed E-state index contributed by atoms with van der Waals surface area (Å²) in [7, 11) is -3.49. The van der Waals surface area contributed by atoms with Gasteiger partial charge in [0.05, 0.1) is 10.9 Å². The van der Waals surface area contributed by atoms with Gasteiger partial charge in [-0.15, -0.1) is 0 Å². The normalized spacial score (nSPS) is 26.2. The molecule has 6 nitrogen and oxygen atoms in total. The third-order valence-corrected chi connectivity index (χ3v) is 7.79. The van der Waals surface area contributed by atoms with Crippen molar-refractivity contribution >= 4 is 15.9 Å². The van der Waals surface area contributed by atoms with Gasteiger partial charge in [0.1, 0.15) is 0 Å². The van der Waals surface area contributed by atoms with Gasteiger partial charge in [0.2, 0.25) is 15.9 Å². The lowest BCUT2D eigenvalue weighted by atomic mass is 9.96. The van der Waals surface area contributed by atoms with Crippen molar-refractivity contribution in [1.29, 1.82) is 0 Å². The summed E-state index contributed by atoms with van der Waals surface area (Å²) in [6, 6.07) is 8.84. The van der Waals surface area contributed by atoms with E-state index in [9.17, 15) is 13.2 Å². The zero-order chi connectivity index (χ0) is 20.3. The first kappa shape index (κ1) is 21.3. The third kappa shape index (κ3) is 4.75. The highest BCUT2D eigenvalue weighted by Gasteiger charge is 2.35. The predicted molar refractivity (Wildman–Crippen MR) is 110 cm³/mol. The number of benzene rings is 1. The minimum absolute atomic E-state index is 0.0865. The lowest BCUT2D eigenvalue weighted by molar-refractivity contribution is -0.143. The molecule has 2 aliphatic rings. The van der Waals surface area contributed by atoms with Gasteiger partial charge in [-0.25, -0.2) is 13.1 Å². The molecule has 0 aromatic heterocycles. The second kappa shape index (κ2) is 8.93. The van der Waals surface area contributed by atoms with Crippen LogP contribution in [0.25, 0.3) is 0 Å². The summed E-state index contributed by atoms with van der Waals surface area (Å²) in [4.78, 5) is 17.7. The Morgan fingerprint density at radius 1 is 1.04 bits per heavy atom. The predicted octanol–water partition coefficient (Wildman–Crippen LogP) is 2.61. The van der Waals surface area contributed by atoms with Crippen LogP contribution >= 0.6 is 0 Å². The molecule has 2 aliphatic heterocycles. The molecule has 2 saturated heterocycles. The second-order valence-electron chi connectivity index (χ2n) is 8.30. The molecule has 0 saturated carbocycles. The molecule has 7 heteroatoms. The van der Waals surface area contributed by atoms with E-state index in [1.165, 1.54) is 6.42 Å². The number of sulfonamides is 1. The van der Waals surface area contributed by atoms with Crippen molar-refractivity contribution < 1.29 is 13.2 Å². The van der Waals surface area contributed by atoms with Crippen LogP contribution in [0.2, 0.25) is 0 Å². The van der Waals surface area contributed by atoms with Crippen molar-refractivity contribution in [2.24, 2.45) is 0 Å². The molecule has 0 radical (unpaired) electrons. The van der Waals surface area contributed by atoms with Crippen LogP contribution in [-0.2, 0) is 14.8 Å². The number of hydrogen-bond donors (Lipinski definition) is 1. The van der Waals surface area contributed by atoms with Gasteiger partial charge in [-0.1, -0.05) is 18.2 Å². The van der Waals surface area contributed by atoms with Gasteiger partial charge in [-0.05, 0) is 65.0 Å². The number of piperidine rings is 2. The summed E-state index contributed by atoms with van der Waals surface area (Å²) in [5.41, 5.74) is 0. The number of nitrogens with zero attached hydrogens (tertiary/aromatic N) is 2. The molecular weight excluding hydrogens is 374 g/mol. The molecule has 0 aliphatic carbocycles. The maximum absolute atomic E-state index is 13.1. The fourth-order valence-corrected chi connectivity index (χ4v) is 5.85. The zero-order valence-electron chi connectivity index (χ0n) is 17.2. The number of nitrogens with one attached hydrogen (secondary N) is 1. The van der Waals surface area contributed by atoms with E-state index in [-0.39, 0.29) is 18.0 Å². The number of likely N-dealkylation sites (tertiary alicyclic amines) is 2. The van der Waals surface area contributed by atoms with Crippen molar-refractivity contribution in [3.05, 3.63) is 30.3 Å². The van der Waals surface area contributed by atoms with Crippen LogP contribution in [0.3, 0.4) is 0 Å². The van der Waals surface area contributed by atoms with E-state index in [0.717, 1.165) is 38.8 Å². The third-order valence-electron chi connectivity index (χ3n) is 6.26. The molecule has 1 amide bonds. The second-order valence-corrected chi connectivity index (χ2v) is 10.0. The highest BCUT2D eigenvalue weighted by Crippen LogP contribution is 2.25. The Bertz CT molecular complexity index is 750. The average Bonchev–Trinajstić information content (AvgIpc) is 2.68. The molecule has 1 N–H and O–H groups in total. The largest absolute Gasteiger partial charge is 0.336 e. The summed E-state index contributed by atoms with van der Waals surface area (Å²) < 4.78 is 27.9. The lowest BCUT2D eigenvalue weighted by Gasteiger charge is -2.43. The van der Waals surface area contributed by atoms with E-state index in [1.54, 1.807) is 30.3 Å². The first-order valence-electron chi connectivity index (χ1n) is 10.4. The topological polar surface area (TPSA) is 69.7 Å². The SMILES string of the molecule is C[C@H](C(=O)N1[C@@H](C)CCC[C@@H]1C)N1CCC(NS(=O)(=O)c2ccccc2)CC1. The number of rotatable bonds is 5. The smallest absolute Gasteiger partial charge is 0.240 e. The van der Waals surface area contributed by atoms with Crippen LogP contribution in [-0.4, -0.2) is 61.4 Å². The van der Waals surface area contributed by atoms with Crippen molar-refractivity contribution in [1.82, 2.24) is 14.5 Å². The summed E-state index contributed by atoms with van der Waals surface area (Å²) in [5, 5.41) is 0. The highest BCUT2D eigenvalue weighted by molar-refractivity contribution is 7.89. The quantitative estimate of drug-likeness (QED) is 0.815. The Morgan fingerprint density at radius 3 is 2.18 bits per heavy atom. The minimum atomic E-state index is -3.49. The Labute approximate surface area is 169 Å². The summed E-state index contributed by atoms with van der Waals surface area (Å²) >= 11 is 0. The number of hydrogen-bond acceptors (Lipinski definition) is 4. The maximum atomic E-state index is 13.1. The summed E-state index contributed by atoms with van der Waals surface area (Å²) in [6.07, 6.45) is 4.77.